The normalized spacial score (nSPS) is 27.0. The highest BCUT2D eigenvalue weighted by Crippen LogP contribution is 2.35. The molecule has 1 rings (SSSR count). The van der Waals surface area contributed by atoms with Gasteiger partial charge in [0, 0.05) is 6.04 Å². The Morgan fingerprint density at radius 2 is 1.58 bits per heavy atom. The molecule has 0 saturated heterocycles. The monoisotopic (exact) mass is 169 g/mol. The van der Waals surface area contributed by atoms with Gasteiger partial charge in [0.15, 0.2) is 0 Å². The van der Waals surface area contributed by atoms with Crippen LogP contribution in [0.2, 0.25) is 0 Å². The van der Waals surface area contributed by atoms with E-state index in [9.17, 15) is 0 Å². The Labute approximate surface area is 76.7 Å². The molecule has 1 fully saturated rings. The summed E-state index contributed by atoms with van der Waals surface area (Å²) in [5.41, 5.74) is 5.90. The molecular formula is C11H23N. The lowest BCUT2D eigenvalue weighted by atomic mass is 9.80. The topological polar surface area (TPSA) is 26.0 Å². The van der Waals surface area contributed by atoms with Gasteiger partial charge in [0.05, 0.1) is 0 Å². The first kappa shape index (κ1) is 10.0. The van der Waals surface area contributed by atoms with Crippen LogP contribution in [0.25, 0.3) is 0 Å². The van der Waals surface area contributed by atoms with Gasteiger partial charge in [-0.25, -0.2) is 0 Å². The van der Waals surface area contributed by atoms with Crippen LogP contribution < -0.4 is 5.73 Å². The first-order valence-electron chi connectivity index (χ1n) is 5.38. The number of rotatable bonds is 3. The highest BCUT2D eigenvalue weighted by molar-refractivity contribution is 4.79. The molecule has 2 N–H and O–H groups in total. The van der Waals surface area contributed by atoms with Gasteiger partial charge in [-0.3, -0.25) is 0 Å². The summed E-state index contributed by atoms with van der Waals surface area (Å²) in [5, 5.41) is 0. The van der Waals surface area contributed by atoms with Crippen molar-refractivity contribution in [3.05, 3.63) is 0 Å². The van der Waals surface area contributed by atoms with Crippen LogP contribution in [-0.4, -0.2) is 6.04 Å². The van der Waals surface area contributed by atoms with Crippen molar-refractivity contribution in [2.45, 2.75) is 52.5 Å². The maximum atomic E-state index is 5.90. The van der Waals surface area contributed by atoms with Gasteiger partial charge in [-0.1, -0.05) is 39.5 Å². The molecule has 3 unspecified atom stereocenters. The second-order valence-corrected chi connectivity index (χ2v) is 4.62. The SMILES string of the molecule is CC(N)C(C)C(C)C1CCCC1. The summed E-state index contributed by atoms with van der Waals surface area (Å²) in [6, 6.07) is 0.362. The van der Waals surface area contributed by atoms with Crippen molar-refractivity contribution in [1.82, 2.24) is 0 Å². The fraction of sp³-hybridized carbons (Fsp3) is 1.00. The average molecular weight is 169 g/mol. The van der Waals surface area contributed by atoms with Gasteiger partial charge in [0.25, 0.3) is 0 Å². The second-order valence-electron chi connectivity index (χ2n) is 4.62. The minimum absolute atomic E-state index is 0.362. The first-order valence-corrected chi connectivity index (χ1v) is 5.38. The fourth-order valence-corrected chi connectivity index (χ4v) is 2.39. The van der Waals surface area contributed by atoms with Crippen LogP contribution >= 0.6 is 0 Å². The zero-order valence-corrected chi connectivity index (χ0v) is 8.72. The summed E-state index contributed by atoms with van der Waals surface area (Å²) >= 11 is 0. The Bertz CT molecular complexity index is 123. The van der Waals surface area contributed by atoms with Gasteiger partial charge in [-0.15, -0.1) is 0 Å². The van der Waals surface area contributed by atoms with Crippen molar-refractivity contribution >= 4 is 0 Å². The Hall–Kier alpha value is -0.0400. The van der Waals surface area contributed by atoms with E-state index in [1.54, 1.807) is 0 Å². The lowest BCUT2D eigenvalue weighted by Crippen LogP contribution is -2.31. The third-order valence-electron chi connectivity index (χ3n) is 3.80. The molecule has 0 aromatic rings. The summed E-state index contributed by atoms with van der Waals surface area (Å²) < 4.78 is 0. The van der Waals surface area contributed by atoms with Gasteiger partial charge < -0.3 is 5.73 Å². The van der Waals surface area contributed by atoms with E-state index in [4.69, 9.17) is 5.73 Å². The quantitative estimate of drug-likeness (QED) is 0.690. The Kier molecular flexibility index (Phi) is 3.57. The number of hydrogen-bond donors (Lipinski definition) is 1. The maximum Gasteiger partial charge on any atom is 0.00387 e. The van der Waals surface area contributed by atoms with Crippen LogP contribution in [0.1, 0.15) is 46.5 Å². The third kappa shape index (κ3) is 2.22. The molecule has 1 aliphatic carbocycles. The molecule has 12 heavy (non-hydrogen) atoms. The van der Waals surface area contributed by atoms with Gasteiger partial charge >= 0.3 is 0 Å². The van der Waals surface area contributed by atoms with Crippen LogP contribution in [0.4, 0.5) is 0 Å². The summed E-state index contributed by atoms with van der Waals surface area (Å²) in [7, 11) is 0. The van der Waals surface area contributed by atoms with E-state index < -0.39 is 0 Å². The van der Waals surface area contributed by atoms with Gasteiger partial charge in [0.1, 0.15) is 0 Å². The van der Waals surface area contributed by atoms with Crippen LogP contribution in [0.3, 0.4) is 0 Å². The molecule has 1 heteroatoms. The lowest BCUT2D eigenvalue weighted by molar-refractivity contribution is 0.240. The van der Waals surface area contributed by atoms with Crippen LogP contribution in [0.5, 0.6) is 0 Å². The summed E-state index contributed by atoms with van der Waals surface area (Å²) in [6.45, 7) is 6.81. The molecule has 3 atom stereocenters. The van der Waals surface area contributed by atoms with E-state index in [2.05, 4.69) is 20.8 Å². The smallest absolute Gasteiger partial charge is 0.00387 e. The molecule has 0 spiro atoms. The summed E-state index contributed by atoms with van der Waals surface area (Å²) in [4.78, 5) is 0. The van der Waals surface area contributed by atoms with Gasteiger partial charge in [-0.2, -0.15) is 0 Å². The largest absolute Gasteiger partial charge is 0.328 e. The number of hydrogen-bond acceptors (Lipinski definition) is 1. The van der Waals surface area contributed by atoms with E-state index in [0.29, 0.717) is 12.0 Å². The fourth-order valence-electron chi connectivity index (χ4n) is 2.39. The molecule has 0 aromatic carbocycles. The van der Waals surface area contributed by atoms with Crippen molar-refractivity contribution in [2.75, 3.05) is 0 Å². The number of nitrogens with two attached hydrogens (primary N) is 1. The molecule has 0 amide bonds. The predicted molar refractivity (Wildman–Crippen MR) is 53.9 cm³/mol. The molecule has 1 aliphatic rings. The molecule has 0 aliphatic heterocycles. The van der Waals surface area contributed by atoms with Crippen LogP contribution in [0.15, 0.2) is 0 Å². The molecule has 1 nitrogen and oxygen atoms in total. The zero-order valence-electron chi connectivity index (χ0n) is 8.72. The van der Waals surface area contributed by atoms with Crippen molar-refractivity contribution < 1.29 is 0 Å². The highest BCUT2D eigenvalue weighted by Gasteiger charge is 2.26. The average Bonchev–Trinajstić information content (AvgIpc) is 2.53. The lowest BCUT2D eigenvalue weighted by Gasteiger charge is -2.28. The van der Waals surface area contributed by atoms with Crippen LogP contribution in [-0.2, 0) is 0 Å². The third-order valence-corrected chi connectivity index (χ3v) is 3.80. The minimum Gasteiger partial charge on any atom is -0.328 e. The first-order chi connectivity index (χ1) is 5.63. The minimum atomic E-state index is 0.362. The van der Waals surface area contributed by atoms with Crippen LogP contribution in [0, 0.1) is 17.8 Å². The molecule has 0 radical (unpaired) electrons. The molecule has 0 aromatic heterocycles. The van der Waals surface area contributed by atoms with Crippen molar-refractivity contribution in [3.8, 4) is 0 Å². The van der Waals surface area contributed by atoms with E-state index in [1.165, 1.54) is 25.7 Å². The van der Waals surface area contributed by atoms with E-state index in [1.807, 2.05) is 0 Å². The van der Waals surface area contributed by atoms with E-state index in [-0.39, 0.29) is 0 Å². The summed E-state index contributed by atoms with van der Waals surface area (Å²) in [5.74, 6) is 2.48. The molecule has 1 saturated carbocycles. The molecule has 0 heterocycles. The Morgan fingerprint density at radius 1 is 1.08 bits per heavy atom. The summed E-state index contributed by atoms with van der Waals surface area (Å²) in [6.07, 6.45) is 5.78. The van der Waals surface area contributed by atoms with E-state index >= 15 is 0 Å². The standard InChI is InChI=1S/C11H23N/c1-8(10(3)12)9(2)11-6-4-5-7-11/h8-11H,4-7,12H2,1-3H3. The maximum absolute atomic E-state index is 5.90. The Balaban J connectivity index is 2.39. The van der Waals surface area contributed by atoms with Crippen molar-refractivity contribution in [3.63, 3.8) is 0 Å². The predicted octanol–water partition coefficient (Wildman–Crippen LogP) is 2.80. The van der Waals surface area contributed by atoms with Gasteiger partial charge in [0.2, 0.25) is 0 Å². The van der Waals surface area contributed by atoms with E-state index in [0.717, 1.165) is 11.8 Å². The van der Waals surface area contributed by atoms with Crippen molar-refractivity contribution in [1.29, 1.82) is 0 Å². The molecule has 0 bridgehead atoms. The van der Waals surface area contributed by atoms with Crippen molar-refractivity contribution in [2.24, 2.45) is 23.5 Å². The molecular weight excluding hydrogens is 146 g/mol. The second kappa shape index (κ2) is 4.27. The molecule has 72 valence electrons. The van der Waals surface area contributed by atoms with Gasteiger partial charge in [-0.05, 0) is 24.7 Å². The Morgan fingerprint density at radius 3 is 2.00 bits per heavy atom. The zero-order chi connectivity index (χ0) is 9.14. The highest BCUT2D eigenvalue weighted by atomic mass is 14.6.